The molecule has 2 aliphatic rings. The topological polar surface area (TPSA) is 36.0 Å². The van der Waals surface area contributed by atoms with E-state index in [4.69, 9.17) is 4.74 Å². The number of ether oxygens (including phenoxy) is 1. The Morgan fingerprint density at radius 1 is 1.05 bits per heavy atom. The summed E-state index contributed by atoms with van der Waals surface area (Å²) in [6, 6.07) is 0.741. The second-order valence-corrected chi connectivity index (χ2v) is 7.43. The second kappa shape index (κ2) is 7.07. The fourth-order valence-corrected chi connectivity index (χ4v) is 3.20. The fraction of sp³-hybridized carbons (Fsp3) is 0.938. The maximum absolute atomic E-state index is 11.9. The van der Waals surface area contributed by atoms with Crippen LogP contribution in [0.4, 0.5) is 0 Å². The predicted octanol–water partition coefficient (Wildman–Crippen LogP) is 1.04. The molecular formula is C16H31N3O2. The average molecular weight is 297 g/mol. The number of rotatable bonds is 3. The van der Waals surface area contributed by atoms with E-state index in [1.54, 1.807) is 0 Å². The van der Waals surface area contributed by atoms with Crippen LogP contribution in [0.5, 0.6) is 0 Å². The van der Waals surface area contributed by atoms with E-state index in [0.29, 0.717) is 6.54 Å². The van der Waals surface area contributed by atoms with Crippen LogP contribution in [-0.4, -0.2) is 85.2 Å². The quantitative estimate of drug-likeness (QED) is 0.728. The zero-order valence-corrected chi connectivity index (χ0v) is 14.1. The van der Waals surface area contributed by atoms with Crippen LogP contribution in [0.15, 0.2) is 0 Å². The van der Waals surface area contributed by atoms with Gasteiger partial charge in [-0.3, -0.25) is 14.6 Å². The van der Waals surface area contributed by atoms with Crippen LogP contribution < -0.4 is 0 Å². The van der Waals surface area contributed by atoms with Gasteiger partial charge in [0.2, 0.25) is 0 Å². The summed E-state index contributed by atoms with van der Waals surface area (Å²) in [7, 11) is 2.20. The van der Waals surface area contributed by atoms with Crippen LogP contribution in [0, 0.1) is 0 Å². The van der Waals surface area contributed by atoms with Crippen molar-refractivity contribution in [1.29, 1.82) is 0 Å². The molecule has 2 heterocycles. The zero-order valence-electron chi connectivity index (χ0n) is 14.1. The van der Waals surface area contributed by atoms with Gasteiger partial charge >= 0.3 is 5.97 Å². The lowest BCUT2D eigenvalue weighted by atomic mass is 10.0. The van der Waals surface area contributed by atoms with Gasteiger partial charge in [0.05, 0.1) is 6.54 Å². The minimum atomic E-state index is -0.382. The van der Waals surface area contributed by atoms with Crippen molar-refractivity contribution >= 4 is 5.97 Å². The van der Waals surface area contributed by atoms with Gasteiger partial charge in [0.15, 0.2) is 0 Å². The Kier molecular flexibility index (Phi) is 5.63. The molecule has 2 rings (SSSR count). The fourth-order valence-electron chi connectivity index (χ4n) is 3.20. The Bertz CT molecular complexity index is 338. The first kappa shape index (κ1) is 16.7. The molecule has 0 aromatic rings. The summed E-state index contributed by atoms with van der Waals surface area (Å²) >= 11 is 0. The molecule has 0 bridgehead atoms. The number of piperidine rings is 1. The van der Waals surface area contributed by atoms with Crippen LogP contribution in [0.1, 0.15) is 33.6 Å². The lowest BCUT2D eigenvalue weighted by Gasteiger charge is -2.42. The van der Waals surface area contributed by atoms with Crippen molar-refractivity contribution in [2.75, 3.05) is 52.9 Å². The first-order chi connectivity index (χ1) is 9.83. The second-order valence-electron chi connectivity index (χ2n) is 7.43. The number of carbonyl (C=O) groups excluding carboxylic acids is 1. The van der Waals surface area contributed by atoms with E-state index in [1.165, 1.54) is 25.9 Å². The van der Waals surface area contributed by atoms with Crippen LogP contribution in [0.25, 0.3) is 0 Å². The number of nitrogens with zero attached hydrogens (tertiary/aromatic N) is 3. The molecule has 0 spiro atoms. The third-order valence-electron chi connectivity index (χ3n) is 4.38. The van der Waals surface area contributed by atoms with E-state index in [1.807, 2.05) is 20.8 Å². The van der Waals surface area contributed by atoms with Crippen LogP contribution in [0.3, 0.4) is 0 Å². The van der Waals surface area contributed by atoms with Crippen molar-refractivity contribution in [3.8, 4) is 0 Å². The van der Waals surface area contributed by atoms with Gasteiger partial charge in [0, 0.05) is 32.2 Å². The van der Waals surface area contributed by atoms with E-state index in [9.17, 15) is 4.79 Å². The van der Waals surface area contributed by atoms with Crippen molar-refractivity contribution < 1.29 is 9.53 Å². The van der Waals surface area contributed by atoms with Gasteiger partial charge in [-0.2, -0.15) is 0 Å². The molecule has 0 radical (unpaired) electrons. The van der Waals surface area contributed by atoms with Gasteiger partial charge in [-0.25, -0.2) is 0 Å². The largest absolute Gasteiger partial charge is 0.459 e. The highest BCUT2D eigenvalue weighted by atomic mass is 16.6. The van der Waals surface area contributed by atoms with Crippen LogP contribution in [0.2, 0.25) is 0 Å². The highest BCUT2D eigenvalue weighted by Crippen LogP contribution is 2.17. The standard InChI is InChI=1S/C16H31N3O2/c1-16(2,3)21-15(20)13-18-9-11-19(12-10-18)14-5-7-17(4)8-6-14/h14H,5-13H2,1-4H3. The SMILES string of the molecule is CN1CCC(N2CCN(CC(=O)OC(C)(C)C)CC2)CC1. The highest BCUT2D eigenvalue weighted by Gasteiger charge is 2.27. The number of hydrogen-bond acceptors (Lipinski definition) is 5. The van der Waals surface area contributed by atoms with Crippen molar-refractivity contribution in [1.82, 2.24) is 14.7 Å². The summed E-state index contributed by atoms with van der Waals surface area (Å²) in [6.07, 6.45) is 2.56. The summed E-state index contributed by atoms with van der Waals surface area (Å²) in [4.78, 5) is 19.1. The molecule has 0 amide bonds. The first-order valence-corrected chi connectivity index (χ1v) is 8.20. The Morgan fingerprint density at radius 3 is 2.14 bits per heavy atom. The number of esters is 1. The van der Waals surface area contributed by atoms with E-state index in [0.717, 1.165) is 32.2 Å². The summed E-state index contributed by atoms with van der Waals surface area (Å²) < 4.78 is 5.40. The van der Waals surface area contributed by atoms with Crippen molar-refractivity contribution in [3.63, 3.8) is 0 Å². The smallest absolute Gasteiger partial charge is 0.320 e. The molecule has 0 aromatic heterocycles. The molecule has 2 saturated heterocycles. The summed E-state index contributed by atoms with van der Waals surface area (Å²) in [6.45, 7) is 12.7. The van der Waals surface area contributed by atoms with Gasteiger partial charge < -0.3 is 9.64 Å². The molecule has 2 aliphatic heterocycles. The summed E-state index contributed by atoms with van der Waals surface area (Å²) in [5.41, 5.74) is -0.382. The molecule has 0 N–H and O–H groups in total. The maximum atomic E-state index is 11.9. The van der Waals surface area contributed by atoms with Gasteiger partial charge in [0.1, 0.15) is 5.60 Å². The van der Waals surface area contributed by atoms with Gasteiger partial charge in [-0.1, -0.05) is 0 Å². The highest BCUT2D eigenvalue weighted by molar-refractivity contribution is 5.72. The monoisotopic (exact) mass is 297 g/mol. The number of carbonyl (C=O) groups is 1. The van der Waals surface area contributed by atoms with Crippen molar-refractivity contribution in [3.05, 3.63) is 0 Å². The van der Waals surface area contributed by atoms with Crippen molar-refractivity contribution in [2.45, 2.75) is 45.3 Å². The first-order valence-electron chi connectivity index (χ1n) is 8.20. The van der Waals surface area contributed by atoms with Crippen LogP contribution >= 0.6 is 0 Å². The Morgan fingerprint density at radius 2 is 1.62 bits per heavy atom. The molecule has 0 atom stereocenters. The molecule has 5 nitrogen and oxygen atoms in total. The van der Waals surface area contributed by atoms with E-state index < -0.39 is 0 Å². The Labute approximate surface area is 129 Å². The molecule has 122 valence electrons. The third-order valence-corrected chi connectivity index (χ3v) is 4.38. The zero-order chi connectivity index (χ0) is 15.5. The minimum absolute atomic E-state index is 0.102. The molecule has 21 heavy (non-hydrogen) atoms. The van der Waals surface area contributed by atoms with Crippen LogP contribution in [-0.2, 0) is 9.53 Å². The van der Waals surface area contributed by atoms with Gasteiger partial charge in [-0.05, 0) is 53.8 Å². The molecule has 0 saturated carbocycles. The Balaban J connectivity index is 1.69. The minimum Gasteiger partial charge on any atom is -0.459 e. The summed E-state index contributed by atoms with van der Waals surface area (Å²) in [5, 5.41) is 0. The normalized spacial score (nSPS) is 24.2. The average Bonchev–Trinajstić information content (AvgIpc) is 2.38. The van der Waals surface area contributed by atoms with E-state index in [2.05, 4.69) is 21.7 Å². The lowest BCUT2D eigenvalue weighted by Crippen LogP contribution is -2.53. The number of piperazine rings is 1. The molecule has 0 aromatic carbocycles. The molecular weight excluding hydrogens is 266 g/mol. The molecule has 0 aliphatic carbocycles. The van der Waals surface area contributed by atoms with Gasteiger partial charge in [-0.15, -0.1) is 0 Å². The predicted molar refractivity (Wildman–Crippen MR) is 84.4 cm³/mol. The molecule has 0 unspecified atom stereocenters. The summed E-state index contributed by atoms with van der Waals surface area (Å²) in [5.74, 6) is -0.102. The van der Waals surface area contributed by atoms with E-state index in [-0.39, 0.29) is 11.6 Å². The lowest BCUT2D eigenvalue weighted by molar-refractivity contribution is -0.156. The molecule has 2 fully saturated rings. The molecule has 5 heteroatoms. The number of hydrogen-bond donors (Lipinski definition) is 0. The van der Waals surface area contributed by atoms with Crippen molar-refractivity contribution in [2.24, 2.45) is 0 Å². The number of likely N-dealkylation sites (tertiary alicyclic amines) is 1. The third kappa shape index (κ3) is 5.57. The van der Waals surface area contributed by atoms with Gasteiger partial charge in [0.25, 0.3) is 0 Å². The Hall–Kier alpha value is -0.650. The van der Waals surface area contributed by atoms with E-state index >= 15 is 0 Å². The maximum Gasteiger partial charge on any atom is 0.320 e.